The van der Waals surface area contributed by atoms with Gasteiger partial charge in [0.05, 0.1) is 5.75 Å². The second-order valence-corrected chi connectivity index (χ2v) is 3.53. The summed E-state index contributed by atoms with van der Waals surface area (Å²) in [6.45, 7) is 0.347. The molecule has 1 amide bonds. The summed E-state index contributed by atoms with van der Waals surface area (Å²) < 4.78 is 20.5. The Morgan fingerprint density at radius 3 is 2.50 bits per heavy atom. The van der Waals surface area contributed by atoms with E-state index < -0.39 is 10.0 Å². The van der Waals surface area contributed by atoms with Gasteiger partial charge in [-0.3, -0.25) is 4.79 Å². The first-order valence-corrected chi connectivity index (χ1v) is 4.45. The Balaban J connectivity index is 3.29. The maximum atomic E-state index is 10.3. The van der Waals surface area contributed by atoms with Crippen molar-refractivity contribution in [3.05, 3.63) is 0 Å². The summed E-state index contributed by atoms with van der Waals surface area (Å²) in [5.41, 5.74) is 0. The molecule has 0 spiro atoms. The molecule has 0 atom stereocenters. The molecule has 0 aliphatic heterocycles. The van der Waals surface area contributed by atoms with Crippen molar-refractivity contribution in [2.75, 3.05) is 12.3 Å². The van der Waals surface area contributed by atoms with E-state index in [1.165, 1.54) is 0 Å². The van der Waals surface area contributed by atoms with Gasteiger partial charge in [0, 0.05) is 6.54 Å². The van der Waals surface area contributed by atoms with Gasteiger partial charge in [-0.2, -0.15) is 0 Å². The molecule has 6 heteroatoms. The number of carbonyl (C=O) groups is 1. The molecule has 3 N–H and O–H groups in total. The molecule has 0 saturated carbocycles. The van der Waals surface area contributed by atoms with Crippen molar-refractivity contribution in [2.45, 2.75) is 6.42 Å². The summed E-state index contributed by atoms with van der Waals surface area (Å²) in [7, 11) is -3.36. The summed E-state index contributed by atoms with van der Waals surface area (Å²) in [5, 5.41) is 6.99. The number of nitrogens with two attached hydrogens (primary N) is 1. The van der Waals surface area contributed by atoms with Gasteiger partial charge in [-0.25, -0.2) is 13.6 Å². The Kier molecular flexibility index (Phi) is 3.97. The second-order valence-electron chi connectivity index (χ2n) is 1.79. The van der Waals surface area contributed by atoms with Gasteiger partial charge in [0.2, 0.25) is 16.4 Å². The third kappa shape index (κ3) is 7.38. The molecular weight excluding hydrogens is 156 g/mol. The summed E-state index contributed by atoms with van der Waals surface area (Å²) in [5.74, 6) is -0.0894. The molecule has 0 saturated heterocycles. The van der Waals surface area contributed by atoms with E-state index >= 15 is 0 Å². The van der Waals surface area contributed by atoms with Crippen molar-refractivity contribution in [2.24, 2.45) is 5.14 Å². The Labute approximate surface area is 59.6 Å². The van der Waals surface area contributed by atoms with E-state index in [4.69, 9.17) is 0 Å². The average molecular weight is 166 g/mol. The number of hydrogen-bond donors (Lipinski definition) is 2. The van der Waals surface area contributed by atoms with Crippen molar-refractivity contribution >= 4 is 16.4 Å². The molecule has 0 aromatic carbocycles. The van der Waals surface area contributed by atoms with E-state index in [0.29, 0.717) is 19.4 Å². The fraction of sp³-hybridized carbons (Fsp3) is 0.750. The predicted octanol–water partition coefficient (Wildman–Crippen LogP) is -1.59. The van der Waals surface area contributed by atoms with Gasteiger partial charge in [0.25, 0.3) is 0 Å². The van der Waals surface area contributed by atoms with Crippen LogP contribution in [0.2, 0.25) is 0 Å². The lowest BCUT2D eigenvalue weighted by Crippen LogP contribution is -2.21. The van der Waals surface area contributed by atoms with Crippen molar-refractivity contribution in [1.82, 2.24) is 5.32 Å². The van der Waals surface area contributed by atoms with Crippen LogP contribution in [0.5, 0.6) is 0 Å². The monoisotopic (exact) mass is 166 g/mol. The first-order chi connectivity index (χ1) is 4.56. The SMILES string of the molecule is NS(=O)(=O)CCCNC=O. The average Bonchev–Trinajstić information content (AvgIpc) is 1.78. The second kappa shape index (κ2) is 4.24. The van der Waals surface area contributed by atoms with Crippen LogP contribution >= 0.6 is 0 Å². The van der Waals surface area contributed by atoms with Crippen molar-refractivity contribution in [3.63, 3.8) is 0 Å². The lowest BCUT2D eigenvalue weighted by Gasteiger charge is -1.96. The Bertz CT molecular complexity index is 187. The Morgan fingerprint density at radius 2 is 2.10 bits per heavy atom. The number of carbonyl (C=O) groups excluding carboxylic acids is 1. The number of nitrogens with one attached hydrogen (secondary N) is 1. The lowest BCUT2D eigenvalue weighted by atomic mass is 10.5. The maximum absolute atomic E-state index is 10.3. The zero-order valence-electron chi connectivity index (χ0n) is 5.41. The molecule has 0 aromatic heterocycles. The fourth-order valence-corrected chi connectivity index (χ4v) is 0.981. The van der Waals surface area contributed by atoms with Crippen LogP contribution in [-0.2, 0) is 14.8 Å². The highest BCUT2D eigenvalue weighted by Crippen LogP contribution is 1.81. The zero-order valence-corrected chi connectivity index (χ0v) is 6.23. The van der Waals surface area contributed by atoms with Crippen LogP contribution in [0.15, 0.2) is 0 Å². The topological polar surface area (TPSA) is 89.3 Å². The Morgan fingerprint density at radius 1 is 1.50 bits per heavy atom. The van der Waals surface area contributed by atoms with Gasteiger partial charge in [-0.15, -0.1) is 0 Å². The molecule has 0 aliphatic carbocycles. The van der Waals surface area contributed by atoms with Crippen molar-refractivity contribution in [1.29, 1.82) is 0 Å². The number of rotatable bonds is 5. The normalized spacial score (nSPS) is 10.9. The summed E-state index contributed by atoms with van der Waals surface area (Å²) >= 11 is 0. The molecule has 0 aliphatic rings. The fourth-order valence-electron chi connectivity index (χ4n) is 0.434. The number of sulfonamides is 1. The van der Waals surface area contributed by atoms with Gasteiger partial charge in [-0.1, -0.05) is 0 Å². The molecule has 0 aromatic rings. The zero-order chi connectivity index (χ0) is 8.04. The van der Waals surface area contributed by atoms with Gasteiger partial charge < -0.3 is 5.32 Å². The molecular formula is C4H10N2O3S. The third-order valence-corrected chi connectivity index (χ3v) is 1.69. The predicted molar refractivity (Wildman–Crippen MR) is 36.7 cm³/mol. The van der Waals surface area contributed by atoms with Gasteiger partial charge in [0.1, 0.15) is 0 Å². The van der Waals surface area contributed by atoms with Gasteiger partial charge in [-0.05, 0) is 6.42 Å². The van der Waals surface area contributed by atoms with Crippen LogP contribution in [0.1, 0.15) is 6.42 Å². The van der Waals surface area contributed by atoms with E-state index in [0.717, 1.165) is 0 Å². The van der Waals surface area contributed by atoms with E-state index in [1.54, 1.807) is 0 Å². The summed E-state index contributed by atoms with van der Waals surface area (Å²) in [4.78, 5) is 9.64. The van der Waals surface area contributed by atoms with Gasteiger partial charge in [0.15, 0.2) is 0 Å². The third-order valence-electron chi connectivity index (χ3n) is 0.833. The molecule has 60 valence electrons. The van der Waals surface area contributed by atoms with Crippen LogP contribution in [0.25, 0.3) is 0 Å². The minimum atomic E-state index is -3.36. The molecule has 10 heavy (non-hydrogen) atoms. The van der Waals surface area contributed by atoms with Crippen LogP contribution in [0, 0.1) is 0 Å². The maximum Gasteiger partial charge on any atom is 0.209 e. The van der Waals surface area contributed by atoms with E-state index in [-0.39, 0.29) is 5.75 Å². The highest BCUT2D eigenvalue weighted by molar-refractivity contribution is 7.89. The van der Waals surface area contributed by atoms with Crippen LogP contribution in [0.3, 0.4) is 0 Å². The smallest absolute Gasteiger partial charge is 0.209 e. The molecule has 5 nitrogen and oxygen atoms in total. The lowest BCUT2D eigenvalue weighted by molar-refractivity contribution is -0.109. The standard InChI is InChI=1S/C4H10N2O3S/c5-10(8,9)3-1-2-6-4-7/h4H,1-3H2,(H,6,7)(H2,5,8,9). The van der Waals surface area contributed by atoms with Crippen LogP contribution < -0.4 is 10.5 Å². The van der Waals surface area contributed by atoms with E-state index in [1.807, 2.05) is 0 Å². The van der Waals surface area contributed by atoms with Crippen LogP contribution in [-0.4, -0.2) is 27.1 Å². The first-order valence-electron chi connectivity index (χ1n) is 2.74. The number of amides is 1. The van der Waals surface area contributed by atoms with E-state index in [2.05, 4.69) is 10.5 Å². The molecule has 0 fully saturated rings. The largest absolute Gasteiger partial charge is 0.359 e. The minimum absolute atomic E-state index is 0.0894. The molecule has 0 radical (unpaired) electrons. The molecule has 0 bridgehead atoms. The van der Waals surface area contributed by atoms with Crippen molar-refractivity contribution in [3.8, 4) is 0 Å². The number of primary sulfonamides is 1. The highest BCUT2D eigenvalue weighted by Gasteiger charge is 1.99. The first kappa shape index (κ1) is 9.38. The summed E-state index contributed by atoms with van der Waals surface area (Å²) in [6.07, 6.45) is 0.876. The van der Waals surface area contributed by atoms with Crippen molar-refractivity contribution < 1.29 is 13.2 Å². The molecule has 0 heterocycles. The minimum Gasteiger partial charge on any atom is -0.359 e. The van der Waals surface area contributed by atoms with E-state index in [9.17, 15) is 13.2 Å². The highest BCUT2D eigenvalue weighted by atomic mass is 32.2. The molecule has 0 rings (SSSR count). The van der Waals surface area contributed by atoms with Crippen LogP contribution in [0.4, 0.5) is 0 Å². The summed E-state index contributed by atoms with van der Waals surface area (Å²) in [6, 6.07) is 0. The quantitative estimate of drug-likeness (QED) is 0.381. The molecule has 0 unspecified atom stereocenters. The van der Waals surface area contributed by atoms with Gasteiger partial charge >= 0.3 is 0 Å². The Hall–Kier alpha value is -0.620. The number of hydrogen-bond acceptors (Lipinski definition) is 3.